The van der Waals surface area contributed by atoms with Gasteiger partial charge >= 0.3 is 12.0 Å². The van der Waals surface area contributed by atoms with Crippen molar-refractivity contribution in [1.82, 2.24) is 15.1 Å². The minimum atomic E-state index is -1.01. The van der Waals surface area contributed by atoms with Gasteiger partial charge in [-0.05, 0) is 20.3 Å². The average molecular weight is 320 g/mol. The summed E-state index contributed by atoms with van der Waals surface area (Å²) >= 11 is 0. The van der Waals surface area contributed by atoms with Crippen molar-refractivity contribution in [3.63, 3.8) is 0 Å². The van der Waals surface area contributed by atoms with Gasteiger partial charge in [0.25, 0.3) is 5.91 Å². The van der Waals surface area contributed by atoms with Crippen molar-refractivity contribution in [3.8, 4) is 0 Å². The van der Waals surface area contributed by atoms with E-state index in [1.165, 1.54) is 4.90 Å². The Morgan fingerprint density at radius 1 is 1.38 bits per heavy atom. The molecule has 2 heterocycles. The number of likely N-dealkylation sites (tertiary alicyclic amines) is 1. The lowest BCUT2D eigenvalue weighted by Crippen LogP contribution is -2.44. The standard InChI is InChI=1S/C12H17N3O5.ClH/c1-12(2)10(19)15(11(20)13-12)6-8(16)14-4-3-7(5-14)9(17)18;/h7H,3-6H2,1-2H3,(H,13,20)(H,17,18);1H. The Morgan fingerprint density at radius 3 is 2.43 bits per heavy atom. The van der Waals surface area contributed by atoms with Crippen LogP contribution in [-0.4, -0.2) is 63.9 Å². The van der Waals surface area contributed by atoms with Crippen LogP contribution in [0, 0.1) is 5.92 Å². The molecule has 4 amide bonds. The Hall–Kier alpha value is -1.83. The first-order valence-corrected chi connectivity index (χ1v) is 6.37. The Labute approximate surface area is 127 Å². The number of nitrogens with zero attached hydrogens (tertiary/aromatic N) is 2. The highest BCUT2D eigenvalue weighted by atomic mass is 35.5. The molecule has 2 saturated heterocycles. The molecule has 0 radical (unpaired) electrons. The molecule has 2 aliphatic heterocycles. The second-order valence-corrected chi connectivity index (χ2v) is 5.61. The second kappa shape index (κ2) is 5.88. The van der Waals surface area contributed by atoms with Crippen LogP contribution >= 0.6 is 12.4 Å². The monoisotopic (exact) mass is 319 g/mol. The van der Waals surface area contributed by atoms with E-state index in [-0.39, 0.29) is 25.5 Å². The molecule has 0 spiro atoms. The molecule has 2 fully saturated rings. The van der Waals surface area contributed by atoms with Crippen molar-refractivity contribution in [1.29, 1.82) is 0 Å². The number of nitrogens with one attached hydrogen (secondary N) is 1. The molecule has 2 rings (SSSR count). The Kier molecular flexibility index (Phi) is 4.83. The first kappa shape index (κ1) is 17.2. The van der Waals surface area contributed by atoms with Crippen LogP contribution in [0.1, 0.15) is 20.3 Å². The molecule has 8 nitrogen and oxygen atoms in total. The molecule has 21 heavy (non-hydrogen) atoms. The first-order valence-electron chi connectivity index (χ1n) is 6.37. The maximum Gasteiger partial charge on any atom is 0.325 e. The lowest BCUT2D eigenvalue weighted by Gasteiger charge is -2.20. The number of imide groups is 1. The van der Waals surface area contributed by atoms with Crippen molar-refractivity contribution in [2.75, 3.05) is 19.6 Å². The van der Waals surface area contributed by atoms with Gasteiger partial charge in [-0.15, -0.1) is 12.4 Å². The highest BCUT2D eigenvalue weighted by Gasteiger charge is 2.45. The van der Waals surface area contributed by atoms with Gasteiger partial charge in [-0.25, -0.2) is 4.79 Å². The third kappa shape index (κ3) is 3.26. The number of aliphatic carboxylic acids is 1. The number of carboxylic acids is 1. The highest BCUT2D eigenvalue weighted by Crippen LogP contribution is 2.19. The van der Waals surface area contributed by atoms with Crippen molar-refractivity contribution >= 4 is 36.2 Å². The number of rotatable bonds is 3. The fourth-order valence-electron chi connectivity index (χ4n) is 2.39. The van der Waals surface area contributed by atoms with Crippen LogP contribution in [-0.2, 0) is 14.4 Å². The predicted molar refractivity (Wildman–Crippen MR) is 73.9 cm³/mol. The van der Waals surface area contributed by atoms with Crippen LogP contribution < -0.4 is 5.32 Å². The number of carboxylic acid groups (broad SMARTS) is 1. The molecule has 118 valence electrons. The van der Waals surface area contributed by atoms with Crippen LogP contribution in [0.5, 0.6) is 0 Å². The van der Waals surface area contributed by atoms with Crippen molar-refractivity contribution in [2.24, 2.45) is 5.92 Å². The van der Waals surface area contributed by atoms with E-state index in [1.807, 2.05) is 0 Å². The summed E-state index contributed by atoms with van der Waals surface area (Å²) in [5.41, 5.74) is -1.01. The van der Waals surface area contributed by atoms with Crippen LogP contribution in [0.3, 0.4) is 0 Å². The average Bonchev–Trinajstić information content (AvgIpc) is 2.89. The fourth-order valence-corrected chi connectivity index (χ4v) is 2.39. The van der Waals surface area contributed by atoms with Gasteiger partial charge in [0.2, 0.25) is 5.91 Å². The summed E-state index contributed by atoms with van der Waals surface area (Å²) in [5.74, 6) is -2.37. The summed E-state index contributed by atoms with van der Waals surface area (Å²) in [6, 6.07) is -0.595. The molecule has 1 atom stereocenters. The maximum absolute atomic E-state index is 12.0. The van der Waals surface area contributed by atoms with E-state index in [2.05, 4.69) is 5.32 Å². The third-order valence-electron chi connectivity index (χ3n) is 3.63. The van der Waals surface area contributed by atoms with Gasteiger partial charge in [0, 0.05) is 13.1 Å². The van der Waals surface area contributed by atoms with E-state index in [4.69, 9.17) is 5.11 Å². The molecule has 2 N–H and O–H groups in total. The van der Waals surface area contributed by atoms with Gasteiger partial charge in [0.1, 0.15) is 12.1 Å². The van der Waals surface area contributed by atoms with E-state index in [1.54, 1.807) is 13.8 Å². The molecule has 0 aliphatic carbocycles. The first-order chi connectivity index (χ1) is 9.22. The molecule has 1 unspecified atom stereocenters. The summed E-state index contributed by atoms with van der Waals surface area (Å²) in [6.07, 6.45) is 0.396. The highest BCUT2D eigenvalue weighted by molar-refractivity contribution is 6.08. The lowest BCUT2D eigenvalue weighted by molar-refractivity contribution is -0.142. The van der Waals surface area contributed by atoms with Gasteiger partial charge in [-0.2, -0.15) is 0 Å². The Balaban J connectivity index is 0.00000220. The molecule has 0 saturated carbocycles. The van der Waals surface area contributed by atoms with Gasteiger partial charge < -0.3 is 15.3 Å². The van der Waals surface area contributed by atoms with Gasteiger partial charge in [-0.3, -0.25) is 19.3 Å². The Bertz CT molecular complexity index is 493. The number of carbonyl (C=O) groups excluding carboxylic acids is 3. The predicted octanol–water partition coefficient (Wildman–Crippen LogP) is -0.328. The minimum absolute atomic E-state index is 0. The molecule has 0 bridgehead atoms. The van der Waals surface area contributed by atoms with Crippen molar-refractivity contribution in [2.45, 2.75) is 25.8 Å². The molecule has 2 aliphatic rings. The van der Waals surface area contributed by atoms with E-state index in [0.717, 1.165) is 4.90 Å². The minimum Gasteiger partial charge on any atom is -0.481 e. The molecular formula is C12H18ClN3O5. The number of hydrogen-bond acceptors (Lipinski definition) is 4. The van der Waals surface area contributed by atoms with Crippen LogP contribution in [0.2, 0.25) is 0 Å². The van der Waals surface area contributed by atoms with E-state index < -0.39 is 35.3 Å². The summed E-state index contributed by atoms with van der Waals surface area (Å²) < 4.78 is 0. The quantitative estimate of drug-likeness (QED) is 0.693. The number of carbonyl (C=O) groups is 4. The Morgan fingerprint density at radius 2 is 2.00 bits per heavy atom. The second-order valence-electron chi connectivity index (χ2n) is 5.61. The number of halogens is 1. The SMILES string of the molecule is CC1(C)NC(=O)N(CC(=O)N2CCC(C(=O)O)C2)C1=O.Cl. The van der Waals surface area contributed by atoms with Gasteiger partial charge in [-0.1, -0.05) is 0 Å². The lowest BCUT2D eigenvalue weighted by atomic mass is 10.1. The topological polar surface area (TPSA) is 107 Å². The summed E-state index contributed by atoms with van der Waals surface area (Å²) in [6.45, 7) is 3.24. The smallest absolute Gasteiger partial charge is 0.325 e. The fraction of sp³-hybridized carbons (Fsp3) is 0.667. The summed E-state index contributed by atoms with van der Waals surface area (Å²) in [7, 11) is 0. The van der Waals surface area contributed by atoms with Gasteiger partial charge in [0.05, 0.1) is 5.92 Å². The van der Waals surface area contributed by atoms with Crippen molar-refractivity contribution < 1.29 is 24.3 Å². The van der Waals surface area contributed by atoms with Crippen molar-refractivity contribution in [3.05, 3.63) is 0 Å². The van der Waals surface area contributed by atoms with Gasteiger partial charge in [0.15, 0.2) is 0 Å². The summed E-state index contributed by atoms with van der Waals surface area (Å²) in [4.78, 5) is 48.7. The zero-order valence-corrected chi connectivity index (χ0v) is 12.6. The third-order valence-corrected chi connectivity index (χ3v) is 3.63. The van der Waals surface area contributed by atoms with Crippen LogP contribution in [0.4, 0.5) is 4.79 Å². The number of amides is 4. The van der Waals surface area contributed by atoms with Crippen LogP contribution in [0.25, 0.3) is 0 Å². The molecule has 0 aromatic rings. The molecular weight excluding hydrogens is 302 g/mol. The molecule has 0 aromatic carbocycles. The number of urea groups is 1. The van der Waals surface area contributed by atoms with E-state index >= 15 is 0 Å². The molecule has 0 aromatic heterocycles. The number of hydrogen-bond donors (Lipinski definition) is 2. The largest absolute Gasteiger partial charge is 0.481 e. The zero-order chi connectivity index (χ0) is 15.1. The van der Waals surface area contributed by atoms with E-state index in [0.29, 0.717) is 13.0 Å². The zero-order valence-electron chi connectivity index (χ0n) is 11.8. The van der Waals surface area contributed by atoms with Crippen LogP contribution in [0.15, 0.2) is 0 Å². The normalized spacial score (nSPS) is 23.8. The molecule has 9 heteroatoms. The maximum atomic E-state index is 12.0. The summed E-state index contributed by atoms with van der Waals surface area (Å²) in [5, 5.41) is 11.4. The van der Waals surface area contributed by atoms with E-state index in [9.17, 15) is 19.2 Å².